The number of nitro benzene ring substituents is 1. The second kappa shape index (κ2) is 7.43. The van der Waals surface area contributed by atoms with Crippen molar-refractivity contribution >= 4 is 27.3 Å². The van der Waals surface area contributed by atoms with E-state index < -0.39 is 26.5 Å². The van der Waals surface area contributed by atoms with E-state index in [1.54, 1.807) is 39.8 Å². The molecule has 1 aliphatic heterocycles. The first kappa shape index (κ1) is 21.1. The lowest BCUT2D eigenvalue weighted by Gasteiger charge is -2.28. The molecule has 1 atom stereocenters. The Labute approximate surface area is 159 Å². The van der Waals surface area contributed by atoms with Crippen molar-refractivity contribution in [3.05, 3.63) is 28.3 Å². The summed E-state index contributed by atoms with van der Waals surface area (Å²) in [6.07, 6.45) is 1.33. The second-order valence-corrected chi connectivity index (χ2v) is 9.53. The Morgan fingerprint density at radius 1 is 1.33 bits per heavy atom. The van der Waals surface area contributed by atoms with Gasteiger partial charge in [-0.05, 0) is 45.7 Å². The Morgan fingerprint density at radius 3 is 2.48 bits per heavy atom. The minimum absolute atomic E-state index is 0.132. The van der Waals surface area contributed by atoms with Crippen LogP contribution in [0.15, 0.2) is 23.1 Å². The van der Waals surface area contributed by atoms with Gasteiger partial charge in [-0.25, -0.2) is 13.1 Å². The summed E-state index contributed by atoms with van der Waals surface area (Å²) in [6.45, 7) is 5.57. The number of anilines is 1. The minimum Gasteiger partial charge on any atom is -0.354 e. The number of hydrogen-bond acceptors (Lipinski definition) is 6. The van der Waals surface area contributed by atoms with Gasteiger partial charge in [0.1, 0.15) is 11.7 Å². The van der Waals surface area contributed by atoms with Crippen LogP contribution in [0.4, 0.5) is 11.4 Å². The van der Waals surface area contributed by atoms with Crippen LogP contribution in [-0.2, 0) is 14.8 Å². The summed E-state index contributed by atoms with van der Waals surface area (Å²) >= 11 is 0. The zero-order chi connectivity index (χ0) is 20.6. The van der Waals surface area contributed by atoms with Gasteiger partial charge in [0.25, 0.3) is 5.69 Å². The van der Waals surface area contributed by atoms with Crippen molar-refractivity contribution in [3.63, 3.8) is 0 Å². The molecule has 27 heavy (non-hydrogen) atoms. The van der Waals surface area contributed by atoms with Gasteiger partial charge < -0.3 is 9.80 Å². The van der Waals surface area contributed by atoms with Gasteiger partial charge in [0.15, 0.2) is 0 Å². The predicted molar refractivity (Wildman–Crippen MR) is 102 cm³/mol. The Hall–Kier alpha value is -2.20. The molecule has 0 saturated carbocycles. The molecule has 1 amide bonds. The maximum Gasteiger partial charge on any atom is 0.293 e. The fourth-order valence-electron chi connectivity index (χ4n) is 3.13. The van der Waals surface area contributed by atoms with E-state index in [4.69, 9.17) is 0 Å². The van der Waals surface area contributed by atoms with Crippen LogP contribution in [0.5, 0.6) is 0 Å². The average molecular weight is 398 g/mol. The molecule has 1 saturated heterocycles. The molecule has 10 heteroatoms. The molecule has 0 bridgehead atoms. The lowest BCUT2D eigenvalue weighted by atomic mass is 10.1. The van der Waals surface area contributed by atoms with Crippen LogP contribution in [-0.4, -0.2) is 56.4 Å². The Balaban J connectivity index is 2.48. The van der Waals surface area contributed by atoms with Crippen LogP contribution >= 0.6 is 0 Å². The predicted octanol–water partition coefficient (Wildman–Crippen LogP) is 1.73. The number of carbonyl (C=O) groups is 1. The van der Waals surface area contributed by atoms with Crippen LogP contribution < -0.4 is 9.62 Å². The summed E-state index contributed by atoms with van der Waals surface area (Å²) in [7, 11) is -0.626. The molecule has 1 heterocycles. The number of nitro groups is 1. The summed E-state index contributed by atoms with van der Waals surface area (Å²) in [5.41, 5.74) is -0.789. The van der Waals surface area contributed by atoms with Crippen molar-refractivity contribution in [2.75, 3.05) is 25.5 Å². The number of likely N-dealkylation sites (N-methyl/N-ethyl adjacent to an activating group) is 1. The minimum atomic E-state index is -3.91. The van der Waals surface area contributed by atoms with E-state index in [1.807, 2.05) is 0 Å². The molecule has 1 aliphatic rings. The quantitative estimate of drug-likeness (QED) is 0.597. The fourth-order valence-corrected chi connectivity index (χ4v) is 4.57. The molecule has 1 aromatic carbocycles. The third kappa shape index (κ3) is 4.75. The van der Waals surface area contributed by atoms with Gasteiger partial charge in [0.2, 0.25) is 15.9 Å². The summed E-state index contributed by atoms with van der Waals surface area (Å²) in [5.74, 6) is -0.132. The van der Waals surface area contributed by atoms with Crippen molar-refractivity contribution < 1.29 is 18.1 Å². The molecular formula is C17H26N4O5S. The number of carbonyl (C=O) groups excluding carboxylic acids is 1. The maximum absolute atomic E-state index is 12.5. The highest BCUT2D eigenvalue weighted by molar-refractivity contribution is 7.89. The van der Waals surface area contributed by atoms with Gasteiger partial charge in [0, 0.05) is 32.2 Å². The summed E-state index contributed by atoms with van der Waals surface area (Å²) in [5, 5.41) is 11.6. The standard InChI is InChI=1S/C17H26N4O5S/c1-17(2,3)18-27(25,26)12-8-9-13(15(11-12)21(23)24)20-10-6-7-14(20)16(22)19(4)5/h8-9,11,14,18H,6-7,10H2,1-5H3/t14-/m1/s1. The smallest absolute Gasteiger partial charge is 0.293 e. The SMILES string of the molecule is CN(C)C(=O)[C@H]1CCCN1c1ccc(S(=O)(=O)NC(C)(C)C)cc1[N+](=O)[O-]. The third-order valence-corrected chi connectivity index (χ3v) is 5.94. The van der Waals surface area contributed by atoms with Crippen LogP contribution in [0, 0.1) is 10.1 Å². The van der Waals surface area contributed by atoms with E-state index >= 15 is 0 Å². The number of nitrogens with zero attached hydrogens (tertiary/aromatic N) is 3. The van der Waals surface area contributed by atoms with E-state index in [-0.39, 0.29) is 22.2 Å². The second-order valence-electron chi connectivity index (χ2n) is 7.85. The maximum atomic E-state index is 12.5. The fraction of sp³-hybridized carbons (Fsp3) is 0.588. The highest BCUT2D eigenvalue weighted by Gasteiger charge is 2.36. The van der Waals surface area contributed by atoms with Crippen molar-refractivity contribution in [2.45, 2.75) is 50.1 Å². The zero-order valence-electron chi connectivity index (χ0n) is 16.2. The van der Waals surface area contributed by atoms with E-state index in [0.29, 0.717) is 13.0 Å². The molecular weight excluding hydrogens is 372 g/mol. The molecule has 0 spiro atoms. The van der Waals surface area contributed by atoms with E-state index in [1.165, 1.54) is 17.0 Å². The molecule has 150 valence electrons. The van der Waals surface area contributed by atoms with Gasteiger partial charge in [-0.2, -0.15) is 0 Å². The summed E-state index contributed by atoms with van der Waals surface area (Å²) < 4.78 is 27.5. The van der Waals surface area contributed by atoms with Crippen molar-refractivity contribution in [1.82, 2.24) is 9.62 Å². The lowest BCUT2D eigenvalue weighted by Crippen LogP contribution is -2.43. The molecule has 1 N–H and O–H groups in total. The normalized spacial score (nSPS) is 17.8. The molecule has 0 aliphatic carbocycles. The van der Waals surface area contributed by atoms with Crippen molar-refractivity contribution in [2.24, 2.45) is 0 Å². The Bertz CT molecular complexity index is 845. The first-order valence-electron chi connectivity index (χ1n) is 8.64. The number of sulfonamides is 1. The monoisotopic (exact) mass is 398 g/mol. The topological polar surface area (TPSA) is 113 Å². The van der Waals surface area contributed by atoms with Gasteiger partial charge in [-0.1, -0.05) is 0 Å². The van der Waals surface area contributed by atoms with E-state index in [9.17, 15) is 23.3 Å². The van der Waals surface area contributed by atoms with Crippen LogP contribution in [0.25, 0.3) is 0 Å². The largest absolute Gasteiger partial charge is 0.354 e. The zero-order valence-corrected chi connectivity index (χ0v) is 17.0. The van der Waals surface area contributed by atoms with Crippen LogP contribution in [0.3, 0.4) is 0 Å². The summed E-state index contributed by atoms with van der Waals surface area (Å²) in [6, 6.07) is 3.32. The van der Waals surface area contributed by atoms with Gasteiger partial charge >= 0.3 is 0 Å². The summed E-state index contributed by atoms with van der Waals surface area (Å²) in [4.78, 5) is 26.4. The number of nitrogens with one attached hydrogen (secondary N) is 1. The van der Waals surface area contributed by atoms with Gasteiger partial charge in [0.05, 0.1) is 9.82 Å². The molecule has 0 radical (unpaired) electrons. The first-order chi connectivity index (χ1) is 12.3. The lowest BCUT2D eigenvalue weighted by molar-refractivity contribution is -0.384. The number of amides is 1. The molecule has 1 aromatic rings. The number of hydrogen-bond donors (Lipinski definition) is 1. The molecule has 0 aromatic heterocycles. The molecule has 0 unspecified atom stereocenters. The number of rotatable bonds is 5. The third-order valence-electron chi connectivity index (χ3n) is 4.18. The van der Waals surface area contributed by atoms with Gasteiger partial charge in [-0.15, -0.1) is 0 Å². The highest BCUT2D eigenvalue weighted by Crippen LogP contribution is 2.35. The average Bonchev–Trinajstić information content (AvgIpc) is 3.00. The molecule has 9 nitrogen and oxygen atoms in total. The van der Waals surface area contributed by atoms with Crippen LogP contribution in [0.2, 0.25) is 0 Å². The highest BCUT2D eigenvalue weighted by atomic mass is 32.2. The van der Waals surface area contributed by atoms with E-state index in [2.05, 4.69) is 4.72 Å². The molecule has 2 rings (SSSR count). The van der Waals surface area contributed by atoms with E-state index in [0.717, 1.165) is 12.5 Å². The number of benzene rings is 1. The Kier molecular flexibility index (Phi) is 5.81. The Morgan fingerprint density at radius 2 is 1.96 bits per heavy atom. The molecule has 1 fully saturated rings. The van der Waals surface area contributed by atoms with Crippen LogP contribution in [0.1, 0.15) is 33.6 Å². The van der Waals surface area contributed by atoms with Crippen molar-refractivity contribution in [3.8, 4) is 0 Å². The van der Waals surface area contributed by atoms with Gasteiger partial charge in [-0.3, -0.25) is 14.9 Å². The first-order valence-corrected chi connectivity index (χ1v) is 10.1. The van der Waals surface area contributed by atoms with Crippen molar-refractivity contribution in [1.29, 1.82) is 0 Å².